The summed E-state index contributed by atoms with van der Waals surface area (Å²) >= 11 is 0. The van der Waals surface area contributed by atoms with Crippen molar-refractivity contribution in [3.05, 3.63) is 11.8 Å². The van der Waals surface area contributed by atoms with Crippen LogP contribution in [0.4, 0.5) is 0 Å². The van der Waals surface area contributed by atoms with Crippen LogP contribution in [-0.4, -0.2) is 29.8 Å². The van der Waals surface area contributed by atoms with Gasteiger partial charge in [-0.1, -0.05) is 0 Å². The van der Waals surface area contributed by atoms with Crippen molar-refractivity contribution in [2.45, 2.75) is 18.1 Å². The normalized spacial score (nSPS) is 43.0. The number of nitrogens with one attached hydrogen (secondary N) is 1. The lowest BCUT2D eigenvalue weighted by Crippen LogP contribution is -2.32. The first-order valence-corrected chi connectivity index (χ1v) is 3.96. The Balaban J connectivity index is 2.14. The fraction of sp³-hybridized carbons (Fsp3) is 0.500. The maximum absolute atomic E-state index is 11.2. The smallest absolute Gasteiger partial charge is 0.234 e. The molecule has 2 heterocycles. The van der Waals surface area contributed by atoms with Crippen LogP contribution in [0.5, 0.6) is 0 Å². The highest BCUT2D eigenvalue weighted by atomic mass is 16.6. The summed E-state index contributed by atoms with van der Waals surface area (Å²) in [5.41, 5.74) is 0.391. The third-order valence-corrected chi connectivity index (χ3v) is 2.72. The molecular formula is C8H7NO3. The summed E-state index contributed by atoms with van der Waals surface area (Å²) in [7, 11) is 0. The zero-order chi connectivity index (χ0) is 8.34. The van der Waals surface area contributed by atoms with Gasteiger partial charge in [-0.05, 0) is 0 Å². The van der Waals surface area contributed by atoms with Gasteiger partial charge in [0.2, 0.25) is 11.6 Å². The highest BCUT2D eigenvalue weighted by molar-refractivity contribution is 6.45. The van der Waals surface area contributed by atoms with E-state index in [0.29, 0.717) is 0 Å². The minimum atomic E-state index is -0.472. The summed E-state index contributed by atoms with van der Waals surface area (Å²) in [6, 6.07) is 0. The van der Waals surface area contributed by atoms with Crippen LogP contribution in [-0.2, 0) is 14.3 Å². The van der Waals surface area contributed by atoms with E-state index in [1.54, 1.807) is 0 Å². The van der Waals surface area contributed by atoms with E-state index in [4.69, 9.17) is 4.74 Å². The third kappa shape index (κ3) is 0.504. The van der Waals surface area contributed by atoms with Gasteiger partial charge in [0.05, 0.1) is 5.70 Å². The lowest BCUT2D eigenvalue weighted by Gasteiger charge is -2.08. The Labute approximate surface area is 68.6 Å². The molecule has 3 rings (SSSR count). The molecule has 2 atom stereocenters. The predicted octanol–water partition coefficient (Wildman–Crippen LogP) is -0.847. The zero-order valence-corrected chi connectivity index (χ0v) is 6.29. The Kier molecular flexibility index (Phi) is 0.855. The molecule has 4 nitrogen and oxygen atoms in total. The largest absolute Gasteiger partial charge is 0.386 e. The molecule has 2 aliphatic heterocycles. The maximum atomic E-state index is 11.2. The third-order valence-electron chi connectivity index (χ3n) is 2.72. The molecule has 0 bridgehead atoms. The van der Waals surface area contributed by atoms with Crippen molar-refractivity contribution in [1.29, 1.82) is 0 Å². The molecule has 0 radical (unpaired) electrons. The molecule has 0 amide bonds. The standard InChI is InChI=1S/C8H7NO3/c10-4-3-5-8(1-2-9-5)7(12-8)6(4)11/h3,7,9H,1-2H2. The second-order valence-electron chi connectivity index (χ2n) is 3.35. The Morgan fingerprint density at radius 3 is 3.25 bits per heavy atom. The number of ketones is 2. The van der Waals surface area contributed by atoms with Gasteiger partial charge in [0, 0.05) is 19.0 Å². The van der Waals surface area contributed by atoms with E-state index >= 15 is 0 Å². The average Bonchev–Trinajstić information content (AvgIpc) is 2.63. The van der Waals surface area contributed by atoms with Crippen molar-refractivity contribution in [3.63, 3.8) is 0 Å². The molecule has 1 N–H and O–H groups in total. The van der Waals surface area contributed by atoms with Crippen molar-refractivity contribution in [2.24, 2.45) is 0 Å². The maximum Gasteiger partial charge on any atom is 0.234 e. The van der Waals surface area contributed by atoms with E-state index in [1.165, 1.54) is 6.08 Å². The van der Waals surface area contributed by atoms with E-state index < -0.39 is 17.5 Å². The van der Waals surface area contributed by atoms with E-state index in [-0.39, 0.29) is 5.78 Å². The first-order chi connectivity index (χ1) is 5.74. The number of hydrogen-bond acceptors (Lipinski definition) is 4. The van der Waals surface area contributed by atoms with Gasteiger partial charge in [-0.25, -0.2) is 0 Å². The minimum Gasteiger partial charge on any atom is -0.386 e. The Morgan fingerprint density at radius 2 is 2.42 bits per heavy atom. The summed E-state index contributed by atoms with van der Waals surface area (Å²) in [5, 5.41) is 3.05. The van der Waals surface area contributed by atoms with Gasteiger partial charge < -0.3 is 10.1 Å². The highest BCUT2D eigenvalue weighted by Crippen LogP contribution is 2.50. The van der Waals surface area contributed by atoms with Crippen molar-refractivity contribution in [2.75, 3.05) is 6.54 Å². The van der Waals surface area contributed by atoms with Crippen molar-refractivity contribution < 1.29 is 14.3 Å². The Bertz CT molecular complexity index is 333. The fourth-order valence-electron chi connectivity index (χ4n) is 2.01. The summed E-state index contributed by atoms with van der Waals surface area (Å²) in [5.74, 6) is -0.819. The molecule has 2 unspecified atom stereocenters. The zero-order valence-electron chi connectivity index (χ0n) is 6.29. The van der Waals surface area contributed by atoms with Gasteiger partial charge in [-0.15, -0.1) is 0 Å². The lowest BCUT2D eigenvalue weighted by atomic mass is 9.91. The molecule has 0 saturated carbocycles. The van der Waals surface area contributed by atoms with Crippen LogP contribution in [0.1, 0.15) is 6.42 Å². The van der Waals surface area contributed by atoms with Gasteiger partial charge in [-0.2, -0.15) is 0 Å². The second-order valence-corrected chi connectivity index (χ2v) is 3.35. The van der Waals surface area contributed by atoms with Crippen molar-refractivity contribution >= 4 is 11.6 Å². The molecule has 12 heavy (non-hydrogen) atoms. The van der Waals surface area contributed by atoms with Gasteiger partial charge in [0.15, 0.2) is 6.10 Å². The SMILES string of the molecule is O=C1C=C2NCCC23OC3C1=O. The summed E-state index contributed by atoms with van der Waals surface area (Å²) in [4.78, 5) is 22.2. The van der Waals surface area contributed by atoms with E-state index in [1.807, 2.05) is 0 Å². The molecular weight excluding hydrogens is 158 g/mol. The number of hydrogen-bond donors (Lipinski definition) is 1. The van der Waals surface area contributed by atoms with Crippen LogP contribution in [0, 0.1) is 0 Å². The fourth-order valence-corrected chi connectivity index (χ4v) is 2.01. The van der Waals surface area contributed by atoms with Gasteiger partial charge in [0.1, 0.15) is 5.60 Å². The van der Waals surface area contributed by atoms with Crippen LogP contribution in [0.25, 0.3) is 0 Å². The quantitative estimate of drug-likeness (QED) is 0.375. The number of allylic oxidation sites excluding steroid dienone is 1. The topological polar surface area (TPSA) is 58.7 Å². The number of carbonyl (C=O) groups excluding carboxylic acids is 2. The Hall–Kier alpha value is -1.16. The highest BCUT2D eigenvalue weighted by Gasteiger charge is 2.67. The molecule has 1 spiro atoms. The molecule has 0 aromatic rings. The number of epoxide rings is 1. The van der Waals surface area contributed by atoms with Crippen LogP contribution in [0.15, 0.2) is 11.8 Å². The molecule has 1 aliphatic carbocycles. The predicted molar refractivity (Wildman–Crippen MR) is 38.3 cm³/mol. The number of Topliss-reactive ketones (excluding diaryl/α,β-unsaturated/α-hetero) is 1. The van der Waals surface area contributed by atoms with E-state index in [2.05, 4.69) is 5.32 Å². The molecule has 4 heteroatoms. The first kappa shape index (κ1) is 6.37. The number of carbonyl (C=O) groups is 2. The van der Waals surface area contributed by atoms with Crippen LogP contribution < -0.4 is 5.32 Å². The number of ether oxygens (including phenoxy) is 1. The molecule has 62 valence electrons. The van der Waals surface area contributed by atoms with Crippen LogP contribution in [0.3, 0.4) is 0 Å². The molecule has 3 aliphatic rings. The summed E-state index contributed by atoms with van der Waals surface area (Å²) < 4.78 is 5.27. The monoisotopic (exact) mass is 165 g/mol. The molecule has 0 aromatic carbocycles. The molecule has 0 aromatic heterocycles. The summed E-state index contributed by atoms with van der Waals surface area (Å²) in [6.07, 6.45) is 1.71. The molecule has 2 saturated heterocycles. The van der Waals surface area contributed by atoms with E-state index in [0.717, 1.165) is 18.7 Å². The lowest BCUT2D eigenvalue weighted by molar-refractivity contribution is -0.134. The van der Waals surface area contributed by atoms with Crippen LogP contribution >= 0.6 is 0 Å². The Morgan fingerprint density at radius 1 is 1.58 bits per heavy atom. The van der Waals surface area contributed by atoms with Crippen LogP contribution in [0.2, 0.25) is 0 Å². The van der Waals surface area contributed by atoms with Gasteiger partial charge >= 0.3 is 0 Å². The second kappa shape index (κ2) is 1.61. The van der Waals surface area contributed by atoms with Gasteiger partial charge in [-0.3, -0.25) is 9.59 Å². The van der Waals surface area contributed by atoms with Crippen molar-refractivity contribution in [1.82, 2.24) is 5.32 Å². The molecule has 2 fully saturated rings. The average molecular weight is 165 g/mol. The van der Waals surface area contributed by atoms with Crippen molar-refractivity contribution in [3.8, 4) is 0 Å². The minimum absolute atomic E-state index is 0.387. The van der Waals surface area contributed by atoms with Gasteiger partial charge in [0.25, 0.3) is 0 Å². The van der Waals surface area contributed by atoms with E-state index in [9.17, 15) is 9.59 Å². The first-order valence-electron chi connectivity index (χ1n) is 3.96. The number of rotatable bonds is 0. The summed E-state index contributed by atoms with van der Waals surface area (Å²) in [6.45, 7) is 0.795.